The summed E-state index contributed by atoms with van der Waals surface area (Å²) in [6, 6.07) is -0.681. The molecule has 2 N–H and O–H groups in total. The number of aliphatic carboxylic acids is 1. The van der Waals surface area contributed by atoms with Crippen molar-refractivity contribution in [1.82, 2.24) is 14.9 Å². The Balaban J connectivity index is 2.43. The third-order valence-electron chi connectivity index (χ3n) is 2.03. The molecule has 2 heterocycles. The van der Waals surface area contributed by atoms with Crippen molar-refractivity contribution in [3.05, 3.63) is 16.6 Å². The van der Waals surface area contributed by atoms with Crippen molar-refractivity contribution in [2.45, 2.75) is 12.6 Å². The number of nitrogens with one attached hydrogen (secondary N) is 1. The van der Waals surface area contributed by atoms with E-state index in [0.717, 1.165) is 11.1 Å². The highest BCUT2D eigenvalue weighted by Crippen LogP contribution is 2.21. The minimum absolute atomic E-state index is 0.561. The third kappa shape index (κ3) is 1.36. The van der Waals surface area contributed by atoms with E-state index in [1.165, 1.54) is 0 Å². The fourth-order valence-electron chi connectivity index (χ4n) is 1.43. The molecule has 1 aromatic heterocycles. The zero-order valence-corrected chi connectivity index (χ0v) is 8.28. The van der Waals surface area contributed by atoms with Gasteiger partial charge in [0.05, 0.1) is 6.20 Å². The van der Waals surface area contributed by atoms with Crippen LogP contribution in [0.25, 0.3) is 0 Å². The van der Waals surface area contributed by atoms with E-state index in [2.05, 4.69) is 26.2 Å². The molecule has 0 bridgehead atoms. The predicted molar refractivity (Wildman–Crippen MR) is 48.3 cm³/mol. The third-order valence-corrected chi connectivity index (χ3v) is 2.66. The molecule has 0 amide bonds. The van der Waals surface area contributed by atoms with Gasteiger partial charge in [-0.15, -0.1) is 0 Å². The molecule has 0 radical (unpaired) electrons. The van der Waals surface area contributed by atoms with Crippen LogP contribution in [0.5, 0.6) is 0 Å². The summed E-state index contributed by atoms with van der Waals surface area (Å²) in [5.41, 5.74) is 0. The van der Waals surface area contributed by atoms with Gasteiger partial charge in [-0.2, -0.15) is 0 Å². The summed E-state index contributed by atoms with van der Waals surface area (Å²) < 4.78 is 2.69. The fraction of sp³-hybridized carbons (Fsp3) is 0.429. The van der Waals surface area contributed by atoms with Gasteiger partial charge in [-0.25, -0.2) is 4.98 Å². The van der Waals surface area contributed by atoms with E-state index < -0.39 is 12.0 Å². The summed E-state index contributed by atoms with van der Waals surface area (Å²) in [7, 11) is 0. The number of imidazole rings is 1. The van der Waals surface area contributed by atoms with Crippen molar-refractivity contribution in [2.24, 2.45) is 0 Å². The number of hydrogen-bond acceptors (Lipinski definition) is 3. The van der Waals surface area contributed by atoms with E-state index in [1.54, 1.807) is 6.20 Å². The molecule has 6 heteroatoms. The Bertz CT molecular complexity index is 350. The molecule has 2 rings (SSSR count). The molecule has 5 nitrogen and oxygen atoms in total. The molecule has 1 aromatic rings. The van der Waals surface area contributed by atoms with Crippen LogP contribution in [0.2, 0.25) is 0 Å². The van der Waals surface area contributed by atoms with Gasteiger partial charge in [0.2, 0.25) is 0 Å². The highest BCUT2D eigenvalue weighted by atomic mass is 79.9. The second-order valence-electron chi connectivity index (χ2n) is 2.82. The summed E-state index contributed by atoms with van der Waals surface area (Å²) in [4.78, 5) is 14.8. The van der Waals surface area contributed by atoms with Crippen LogP contribution in [0.15, 0.2) is 10.8 Å². The molecule has 1 atom stereocenters. The van der Waals surface area contributed by atoms with Crippen LogP contribution in [0.3, 0.4) is 0 Å². The number of carbonyl (C=O) groups is 1. The molecule has 1 unspecified atom stereocenters. The van der Waals surface area contributed by atoms with E-state index >= 15 is 0 Å². The Morgan fingerprint density at radius 1 is 1.85 bits per heavy atom. The summed E-state index contributed by atoms with van der Waals surface area (Å²) in [6.07, 6.45) is 1.62. The first-order chi connectivity index (χ1) is 6.20. The van der Waals surface area contributed by atoms with E-state index in [9.17, 15) is 4.79 Å². The predicted octanol–water partition coefficient (Wildman–Crippen LogP) is 0.374. The lowest BCUT2D eigenvalue weighted by molar-refractivity contribution is -0.140. The van der Waals surface area contributed by atoms with E-state index in [1.807, 2.05) is 4.57 Å². The quantitative estimate of drug-likeness (QED) is 0.751. The average molecular weight is 246 g/mol. The molecule has 0 fully saturated rings. The molecule has 1 aliphatic heterocycles. The minimum Gasteiger partial charge on any atom is -0.480 e. The Morgan fingerprint density at radius 2 is 2.62 bits per heavy atom. The van der Waals surface area contributed by atoms with Gasteiger partial charge in [-0.3, -0.25) is 10.1 Å². The van der Waals surface area contributed by atoms with Crippen molar-refractivity contribution in [2.75, 3.05) is 6.54 Å². The van der Waals surface area contributed by atoms with Gasteiger partial charge in [0, 0.05) is 13.1 Å². The first kappa shape index (κ1) is 8.71. The summed E-state index contributed by atoms with van der Waals surface area (Å²) in [6.45, 7) is 1.40. The van der Waals surface area contributed by atoms with Crippen LogP contribution >= 0.6 is 15.9 Å². The Kier molecular flexibility index (Phi) is 2.09. The number of halogens is 1. The van der Waals surface area contributed by atoms with Crippen LogP contribution in [0.4, 0.5) is 0 Å². The van der Waals surface area contributed by atoms with Gasteiger partial charge >= 0.3 is 5.97 Å². The van der Waals surface area contributed by atoms with Crippen LogP contribution in [-0.2, 0) is 11.3 Å². The Labute approximate surface area is 82.9 Å². The van der Waals surface area contributed by atoms with Gasteiger partial charge in [0.1, 0.15) is 10.4 Å². The lowest BCUT2D eigenvalue weighted by Gasteiger charge is -2.22. The number of carboxylic acids is 1. The minimum atomic E-state index is -0.890. The highest BCUT2D eigenvalue weighted by molar-refractivity contribution is 9.10. The smallest absolute Gasteiger partial charge is 0.328 e. The number of carboxylic acid groups (broad SMARTS) is 1. The first-order valence-corrected chi connectivity index (χ1v) is 4.66. The van der Waals surface area contributed by atoms with Crippen molar-refractivity contribution >= 4 is 21.9 Å². The number of hydrogen-bond donors (Lipinski definition) is 2. The van der Waals surface area contributed by atoms with Crippen molar-refractivity contribution < 1.29 is 9.90 Å². The zero-order chi connectivity index (χ0) is 9.42. The molecule has 0 aromatic carbocycles. The van der Waals surface area contributed by atoms with Gasteiger partial charge < -0.3 is 9.67 Å². The molecule has 0 aliphatic carbocycles. The number of aromatic nitrogens is 2. The maximum atomic E-state index is 10.8. The molecule has 1 aliphatic rings. The normalized spacial score (nSPS) is 21.2. The first-order valence-electron chi connectivity index (χ1n) is 3.87. The molecule has 13 heavy (non-hydrogen) atoms. The SMILES string of the molecule is O=C(O)C1NCCn2c(Br)cnc21. The summed E-state index contributed by atoms with van der Waals surface area (Å²) in [5, 5.41) is 11.7. The second-order valence-corrected chi connectivity index (χ2v) is 3.63. The lowest BCUT2D eigenvalue weighted by atomic mass is 10.2. The van der Waals surface area contributed by atoms with E-state index in [4.69, 9.17) is 5.11 Å². The molecule has 0 spiro atoms. The molecule has 0 saturated carbocycles. The van der Waals surface area contributed by atoms with Crippen molar-refractivity contribution in [3.63, 3.8) is 0 Å². The standard InChI is InChI=1S/C7H8BrN3O2/c8-4-3-10-6-5(7(12)13)9-1-2-11(4)6/h3,5,9H,1-2H2,(H,12,13). The highest BCUT2D eigenvalue weighted by Gasteiger charge is 2.28. The number of fused-ring (bicyclic) bond motifs is 1. The second kappa shape index (κ2) is 3.12. The van der Waals surface area contributed by atoms with E-state index in [0.29, 0.717) is 12.4 Å². The molecule has 70 valence electrons. The zero-order valence-electron chi connectivity index (χ0n) is 6.70. The lowest BCUT2D eigenvalue weighted by Crippen LogP contribution is -2.38. The van der Waals surface area contributed by atoms with Crippen molar-refractivity contribution in [3.8, 4) is 0 Å². The summed E-state index contributed by atoms with van der Waals surface area (Å²) in [5.74, 6) is -0.329. The maximum Gasteiger partial charge on any atom is 0.328 e. The maximum absolute atomic E-state index is 10.8. The van der Waals surface area contributed by atoms with Gasteiger partial charge in [-0.1, -0.05) is 0 Å². The van der Waals surface area contributed by atoms with Gasteiger partial charge in [0.25, 0.3) is 0 Å². The number of nitrogens with zero attached hydrogens (tertiary/aromatic N) is 2. The van der Waals surface area contributed by atoms with Gasteiger partial charge in [-0.05, 0) is 15.9 Å². The molecular weight excluding hydrogens is 238 g/mol. The van der Waals surface area contributed by atoms with Crippen LogP contribution < -0.4 is 5.32 Å². The largest absolute Gasteiger partial charge is 0.480 e. The van der Waals surface area contributed by atoms with Gasteiger partial charge in [0.15, 0.2) is 6.04 Å². The molecular formula is C7H8BrN3O2. The topological polar surface area (TPSA) is 67.2 Å². The fourth-order valence-corrected chi connectivity index (χ4v) is 1.89. The monoisotopic (exact) mass is 245 g/mol. The van der Waals surface area contributed by atoms with Crippen LogP contribution in [-0.4, -0.2) is 27.2 Å². The van der Waals surface area contributed by atoms with Crippen LogP contribution in [0, 0.1) is 0 Å². The van der Waals surface area contributed by atoms with Crippen molar-refractivity contribution in [1.29, 1.82) is 0 Å². The summed E-state index contributed by atoms with van der Waals surface area (Å²) >= 11 is 3.31. The average Bonchev–Trinajstić information content (AvgIpc) is 2.48. The molecule has 0 saturated heterocycles. The Hall–Kier alpha value is -0.880. The number of rotatable bonds is 1. The Morgan fingerprint density at radius 3 is 3.31 bits per heavy atom. The van der Waals surface area contributed by atoms with E-state index in [-0.39, 0.29) is 0 Å². The van der Waals surface area contributed by atoms with Crippen LogP contribution in [0.1, 0.15) is 11.9 Å².